The van der Waals surface area contributed by atoms with Gasteiger partial charge in [0.2, 0.25) is 5.91 Å². The van der Waals surface area contributed by atoms with E-state index in [9.17, 15) is 4.79 Å². The molecular weight excluding hydrogens is 342 g/mol. The maximum absolute atomic E-state index is 12.2. The molecule has 0 saturated heterocycles. The minimum absolute atomic E-state index is 0.0113. The largest absolute Gasteiger partial charge is 0.378 e. The molecule has 1 N–H and O–H groups in total. The van der Waals surface area contributed by atoms with Gasteiger partial charge in [0.05, 0.1) is 12.1 Å². The molecule has 0 spiro atoms. The summed E-state index contributed by atoms with van der Waals surface area (Å²) >= 11 is 1.58. The molecule has 4 nitrogen and oxygen atoms in total. The van der Waals surface area contributed by atoms with Crippen molar-refractivity contribution in [2.45, 2.75) is 19.9 Å². The smallest absolute Gasteiger partial charge is 0.226 e. The first-order chi connectivity index (χ1) is 12.5. The number of nitrogens with one attached hydrogen (secondary N) is 1. The monoisotopic (exact) mass is 365 g/mol. The molecule has 0 saturated carbocycles. The number of aryl methyl sites for hydroxylation is 1. The van der Waals surface area contributed by atoms with Crippen LogP contribution in [0.25, 0.3) is 10.6 Å². The number of benzene rings is 2. The van der Waals surface area contributed by atoms with Crippen LogP contribution in [-0.2, 0) is 17.8 Å². The Morgan fingerprint density at radius 3 is 2.62 bits per heavy atom. The summed E-state index contributed by atoms with van der Waals surface area (Å²) in [5.41, 5.74) is 5.35. The minimum Gasteiger partial charge on any atom is -0.378 e. The van der Waals surface area contributed by atoms with E-state index in [1.165, 1.54) is 5.56 Å². The van der Waals surface area contributed by atoms with Crippen molar-refractivity contribution in [2.24, 2.45) is 0 Å². The van der Waals surface area contributed by atoms with E-state index in [4.69, 9.17) is 0 Å². The summed E-state index contributed by atoms with van der Waals surface area (Å²) < 4.78 is 0. The predicted molar refractivity (Wildman–Crippen MR) is 109 cm³/mol. The standard InChI is InChI=1S/C21H23N3OS/c1-15-5-4-6-17(11-15)21-23-18(14-26-21)12-20(25)22-13-16-7-9-19(10-8-16)24(2)3/h4-11,14H,12-13H2,1-3H3,(H,22,25). The molecule has 0 aliphatic rings. The summed E-state index contributed by atoms with van der Waals surface area (Å²) in [7, 11) is 4.02. The van der Waals surface area contributed by atoms with E-state index < -0.39 is 0 Å². The van der Waals surface area contributed by atoms with Gasteiger partial charge in [-0.05, 0) is 30.7 Å². The molecule has 0 atom stereocenters. The summed E-state index contributed by atoms with van der Waals surface area (Å²) in [4.78, 5) is 18.9. The van der Waals surface area contributed by atoms with Crippen molar-refractivity contribution in [3.05, 3.63) is 70.7 Å². The van der Waals surface area contributed by atoms with Gasteiger partial charge in [-0.1, -0.05) is 35.9 Å². The second-order valence-electron chi connectivity index (χ2n) is 6.53. The van der Waals surface area contributed by atoms with Crippen LogP contribution in [0.15, 0.2) is 53.9 Å². The van der Waals surface area contributed by atoms with Gasteiger partial charge in [0.15, 0.2) is 0 Å². The van der Waals surface area contributed by atoms with Crippen LogP contribution >= 0.6 is 11.3 Å². The number of amides is 1. The van der Waals surface area contributed by atoms with Gasteiger partial charge in [-0.25, -0.2) is 4.98 Å². The predicted octanol–water partition coefficient (Wildman–Crippen LogP) is 4.04. The summed E-state index contributed by atoms with van der Waals surface area (Å²) in [6.07, 6.45) is 0.304. The Morgan fingerprint density at radius 1 is 1.15 bits per heavy atom. The molecule has 3 rings (SSSR count). The van der Waals surface area contributed by atoms with Gasteiger partial charge in [0.1, 0.15) is 5.01 Å². The SMILES string of the molecule is Cc1cccc(-c2nc(CC(=O)NCc3ccc(N(C)C)cc3)cs2)c1. The fourth-order valence-corrected chi connectivity index (χ4v) is 3.46. The van der Waals surface area contributed by atoms with Crippen LogP contribution in [0.5, 0.6) is 0 Å². The average molecular weight is 366 g/mol. The number of carbonyl (C=O) groups excluding carboxylic acids is 1. The van der Waals surface area contributed by atoms with E-state index >= 15 is 0 Å². The normalized spacial score (nSPS) is 10.6. The van der Waals surface area contributed by atoms with Gasteiger partial charge in [0, 0.05) is 37.3 Å². The van der Waals surface area contributed by atoms with Gasteiger partial charge in [-0.15, -0.1) is 11.3 Å². The Bertz CT molecular complexity index is 884. The van der Waals surface area contributed by atoms with Crippen LogP contribution < -0.4 is 10.2 Å². The highest BCUT2D eigenvalue weighted by molar-refractivity contribution is 7.13. The molecule has 0 aliphatic heterocycles. The van der Waals surface area contributed by atoms with Crippen molar-refractivity contribution in [2.75, 3.05) is 19.0 Å². The lowest BCUT2D eigenvalue weighted by Gasteiger charge is -2.12. The molecule has 0 aliphatic carbocycles. The lowest BCUT2D eigenvalue weighted by Crippen LogP contribution is -2.24. The zero-order chi connectivity index (χ0) is 18.5. The lowest BCUT2D eigenvalue weighted by atomic mass is 10.1. The molecule has 0 radical (unpaired) electrons. The zero-order valence-electron chi connectivity index (χ0n) is 15.3. The van der Waals surface area contributed by atoms with Crippen LogP contribution in [0.3, 0.4) is 0 Å². The molecule has 0 bridgehead atoms. The zero-order valence-corrected chi connectivity index (χ0v) is 16.1. The third kappa shape index (κ3) is 4.70. The van der Waals surface area contributed by atoms with Gasteiger partial charge < -0.3 is 10.2 Å². The second kappa shape index (κ2) is 8.15. The fraction of sp³-hybridized carbons (Fsp3) is 0.238. The van der Waals surface area contributed by atoms with E-state index in [0.29, 0.717) is 13.0 Å². The van der Waals surface area contributed by atoms with Crippen LogP contribution in [0, 0.1) is 6.92 Å². The van der Waals surface area contributed by atoms with E-state index in [1.54, 1.807) is 11.3 Å². The van der Waals surface area contributed by atoms with E-state index in [-0.39, 0.29) is 5.91 Å². The van der Waals surface area contributed by atoms with Crippen molar-refractivity contribution >= 4 is 22.9 Å². The first kappa shape index (κ1) is 18.1. The number of carbonyl (C=O) groups is 1. The van der Waals surface area contributed by atoms with Crippen molar-refractivity contribution in [1.29, 1.82) is 0 Å². The van der Waals surface area contributed by atoms with Crippen LogP contribution in [0.2, 0.25) is 0 Å². The topological polar surface area (TPSA) is 45.2 Å². The number of anilines is 1. The van der Waals surface area contributed by atoms with Gasteiger partial charge in [0.25, 0.3) is 0 Å². The Labute approximate surface area is 158 Å². The van der Waals surface area contributed by atoms with E-state index in [2.05, 4.69) is 46.4 Å². The molecule has 26 heavy (non-hydrogen) atoms. The Morgan fingerprint density at radius 2 is 1.92 bits per heavy atom. The Hall–Kier alpha value is -2.66. The van der Waals surface area contributed by atoms with Gasteiger partial charge in [-0.2, -0.15) is 0 Å². The number of hydrogen-bond acceptors (Lipinski definition) is 4. The molecule has 5 heteroatoms. The number of hydrogen-bond donors (Lipinski definition) is 1. The first-order valence-corrected chi connectivity index (χ1v) is 9.43. The molecule has 1 heterocycles. The molecule has 0 fully saturated rings. The van der Waals surface area contributed by atoms with Gasteiger partial charge in [-0.3, -0.25) is 4.79 Å². The Kier molecular flexibility index (Phi) is 5.68. The van der Waals surface area contributed by atoms with Crippen molar-refractivity contribution in [3.8, 4) is 10.6 Å². The summed E-state index contributed by atoms with van der Waals surface area (Å²) in [5.74, 6) is -0.0113. The average Bonchev–Trinajstić information content (AvgIpc) is 3.09. The number of nitrogens with zero attached hydrogens (tertiary/aromatic N) is 2. The second-order valence-corrected chi connectivity index (χ2v) is 7.39. The molecule has 134 valence electrons. The molecule has 1 amide bonds. The Balaban J connectivity index is 1.55. The highest BCUT2D eigenvalue weighted by Gasteiger charge is 2.09. The third-order valence-corrected chi connectivity index (χ3v) is 5.04. The summed E-state index contributed by atoms with van der Waals surface area (Å²) in [5, 5.41) is 5.88. The maximum Gasteiger partial charge on any atom is 0.226 e. The molecule has 0 unspecified atom stereocenters. The quantitative estimate of drug-likeness (QED) is 0.717. The van der Waals surface area contributed by atoms with Crippen molar-refractivity contribution in [3.63, 3.8) is 0 Å². The molecule has 2 aromatic carbocycles. The van der Waals surface area contributed by atoms with E-state index in [0.717, 1.165) is 27.5 Å². The molecule has 1 aromatic heterocycles. The number of aromatic nitrogens is 1. The van der Waals surface area contributed by atoms with Crippen molar-refractivity contribution in [1.82, 2.24) is 10.3 Å². The summed E-state index contributed by atoms with van der Waals surface area (Å²) in [6.45, 7) is 2.60. The number of thiazole rings is 1. The lowest BCUT2D eigenvalue weighted by molar-refractivity contribution is -0.120. The fourth-order valence-electron chi connectivity index (χ4n) is 2.64. The third-order valence-electron chi connectivity index (χ3n) is 4.10. The highest BCUT2D eigenvalue weighted by Crippen LogP contribution is 2.24. The van der Waals surface area contributed by atoms with Crippen LogP contribution in [0.4, 0.5) is 5.69 Å². The number of rotatable bonds is 6. The summed E-state index contributed by atoms with van der Waals surface area (Å²) in [6, 6.07) is 16.4. The highest BCUT2D eigenvalue weighted by atomic mass is 32.1. The first-order valence-electron chi connectivity index (χ1n) is 8.55. The van der Waals surface area contributed by atoms with Crippen molar-refractivity contribution < 1.29 is 4.79 Å². The van der Waals surface area contributed by atoms with Crippen LogP contribution in [-0.4, -0.2) is 25.0 Å². The van der Waals surface area contributed by atoms with E-state index in [1.807, 2.05) is 43.7 Å². The van der Waals surface area contributed by atoms with Gasteiger partial charge >= 0.3 is 0 Å². The van der Waals surface area contributed by atoms with Crippen LogP contribution in [0.1, 0.15) is 16.8 Å². The maximum atomic E-state index is 12.2. The molecular formula is C21H23N3OS. The minimum atomic E-state index is -0.0113. The molecule has 3 aromatic rings.